The molecule has 1 aliphatic rings. The van der Waals surface area contributed by atoms with Crippen LogP contribution in [-0.4, -0.2) is 68.5 Å². The van der Waals surface area contributed by atoms with E-state index in [2.05, 4.69) is 15.6 Å². The number of rotatable bonds is 6. The molecule has 2 rings (SSSR count). The number of carbonyl (C=O) groups excluding carboxylic acids is 1. The lowest BCUT2D eigenvalue weighted by Crippen LogP contribution is -2.47. The Balaban J connectivity index is 0.00000392. The van der Waals surface area contributed by atoms with Gasteiger partial charge in [-0.1, -0.05) is 13.0 Å². The van der Waals surface area contributed by atoms with Crippen molar-refractivity contribution in [3.05, 3.63) is 35.4 Å². The second kappa shape index (κ2) is 11.5. The van der Waals surface area contributed by atoms with E-state index in [1.165, 1.54) is 18.2 Å². The third-order valence-electron chi connectivity index (χ3n) is 4.83. The summed E-state index contributed by atoms with van der Waals surface area (Å²) in [7, 11) is 5.20. The van der Waals surface area contributed by atoms with Crippen LogP contribution in [0, 0.1) is 11.6 Å². The molecule has 6 nitrogen and oxygen atoms in total. The smallest absolute Gasteiger partial charge is 0.222 e. The van der Waals surface area contributed by atoms with Crippen molar-refractivity contribution < 1.29 is 13.6 Å². The van der Waals surface area contributed by atoms with Crippen LogP contribution in [0.5, 0.6) is 0 Å². The number of likely N-dealkylation sites (N-methyl/N-ethyl adjacent to an activating group) is 1. The van der Waals surface area contributed by atoms with Gasteiger partial charge in [0.1, 0.15) is 11.6 Å². The Labute approximate surface area is 182 Å². The monoisotopic (exact) mass is 509 g/mol. The highest BCUT2D eigenvalue weighted by Gasteiger charge is 2.27. The fraction of sp³-hybridized carbons (Fsp3) is 0.579. The summed E-state index contributed by atoms with van der Waals surface area (Å²) in [6, 6.07) is 3.50. The van der Waals surface area contributed by atoms with Gasteiger partial charge in [-0.15, -0.1) is 24.0 Å². The molecule has 0 aromatic heterocycles. The molecule has 1 amide bonds. The van der Waals surface area contributed by atoms with Crippen LogP contribution in [0.3, 0.4) is 0 Å². The summed E-state index contributed by atoms with van der Waals surface area (Å²) in [5, 5.41) is 6.44. The summed E-state index contributed by atoms with van der Waals surface area (Å²) in [5.74, 6) is -0.440. The number of nitrogens with one attached hydrogen (secondary N) is 2. The predicted molar refractivity (Wildman–Crippen MR) is 118 cm³/mol. The van der Waals surface area contributed by atoms with Crippen molar-refractivity contribution in [2.24, 2.45) is 4.99 Å². The first-order valence-corrected chi connectivity index (χ1v) is 9.22. The Hall–Kier alpha value is -1.49. The number of likely N-dealkylation sites (tertiary alicyclic amines) is 1. The van der Waals surface area contributed by atoms with Crippen molar-refractivity contribution in [3.63, 3.8) is 0 Å². The standard InChI is InChI=1S/C19H29F2N5O.HI/c1-5-17(27)26-10-9-13(12-26)24-19(22-2)23-11-16(25(3)4)18-14(20)7-6-8-15(18)21;/h6-8,13,16H,5,9-12H2,1-4H3,(H2,22,23,24);1H. The van der Waals surface area contributed by atoms with E-state index in [-0.39, 0.29) is 48.0 Å². The van der Waals surface area contributed by atoms with E-state index in [0.29, 0.717) is 18.9 Å². The molecule has 9 heteroatoms. The van der Waals surface area contributed by atoms with E-state index in [4.69, 9.17) is 0 Å². The van der Waals surface area contributed by atoms with Gasteiger partial charge in [-0.25, -0.2) is 8.78 Å². The summed E-state index contributed by atoms with van der Waals surface area (Å²) < 4.78 is 28.3. The lowest BCUT2D eigenvalue weighted by molar-refractivity contribution is -0.129. The first kappa shape index (κ1) is 24.5. The van der Waals surface area contributed by atoms with Crippen molar-refractivity contribution in [2.45, 2.75) is 31.8 Å². The van der Waals surface area contributed by atoms with Crippen molar-refractivity contribution in [2.75, 3.05) is 40.8 Å². The average molecular weight is 509 g/mol. The quantitative estimate of drug-likeness (QED) is 0.352. The Morgan fingerprint density at radius 3 is 2.54 bits per heavy atom. The van der Waals surface area contributed by atoms with Gasteiger partial charge >= 0.3 is 0 Å². The fourth-order valence-corrected chi connectivity index (χ4v) is 3.28. The van der Waals surface area contributed by atoms with Crippen LogP contribution >= 0.6 is 24.0 Å². The maximum Gasteiger partial charge on any atom is 0.222 e. The van der Waals surface area contributed by atoms with Gasteiger partial charge in [0, 0.05) is 44.7 Å². The maximum atomic E-state index is 14.2. The SMILES string of the molecule is CCC(=O)N1CCC(NC(=NC)NCC(c2c(F)cccc2F)N(C)C)C1.I. The highest BCUT2D eigenvalue weighted by molar-refractivity contribution is 14.0. The number of amides is 1. The molecular formula is C19H30F2IN5O. The first-order chi connectivity index (χ1) is 12.9. The van der Waals surface area contributed by atoms with Crippen LogP contribution in [0.15, 0.2) is 23.2 Å². The lowest BCUT2D eigenvalue weighted by atomic mass is 10.0. The molecule has 2 unspecified atom stereocenters. The van der Waals surface area contributed by atoms with Gasteiger partial charge in [-0.05, 0) is 32.6 Å². The minimum Gasteiger partial charge on any atom is -0.354 e. The van der Waals surface area contributed by atoms with Crippen LogP contribution in [0.1, 0.15) is 31.4 Å². The summed E-state index contributed by atoms with van der Waals surface area (Å²) in [6.45, 7) is 3.50. The minimum absolute atomic E-state index is 0. The molecule has 2 atom stereocenters. The van der Waals surface area contributed by atoms with Crippen LogP contribution in [0.25, 0.3) is 0 Å². The molecule has 1 fully saturated rings. The molecule has 0 bridgehead atoms. The summed E-state index contributed by atoms with van der Waals surface area (Å²) >= 11 is 0. The molecule has 0 radical (unpaired) electrons. The van der Waals surface area contributed by atoms with Crippen LogP contribution in [0.4, 0.5) is 8.78 Å². The maximum absolute atomic E-state index is 14.2. The van der Waals surface area contributed by atoms with Gasteiger partial charge in [-0.2, -0.15) is 0 Å². The summed E-state index contributed by atoms with van der Waals surface area (Å²) in [6.07, 6.45) is 1.34. The van der Waals surface area contributed by atoms with Crippen molar-refractivity contribution in [1.82, 2.24) is 20.4 Å². The number of carbonyl (C=O) groups is 1. The number of guanidine groups is 1. The number of halogens is 3. The normalized spacial score (nSPS) is 18.0. The zero-order valence-electron chi connectivity index (χ0n) is 16.8. The molecule has 1 aromatic rings. The average Bonchev–Trinajstić information content (AvgIpc) is 3.10. The third kappa shape index (κ3) is 6.26. The summed E-state index contributed by atoms with van der Waals surface area (Å²) in [4.78, 5) is 19.6. The van der Waals surface area contributed by atoms with Gasteiger partial charge in [0.05, 0.1) is 6.04 Å². The lowest BCUT2D eigenvalue weighted by Gasteiger charge is -2.27. The van der Waals surface area contributed by atoms with Crippen LogP contribution in [-0.2, 0) is 4.79 Å². The Morgan fingerprint density at radius 2 is 2.00 bits per heavy atom. The van der Waals surface area contributed by atoms with Gasteiger partial charge < -0.3 is 20.4 Å². The first-order valence-electron chi connectivity index (χ1n) is 9.22. The zero-order chi connectivity index (χ0) is 20.0. The third-order valence-corrected chi connectivity index (χ3v) is 4.83. The van der Waals surface area contributed by atoms with Crippen molar-refractivity contribution >= 4 is 35.8 Å². The van der Waals surface area contributed by atoms with E-state index >= 15 is 0 Å². The highest BCUT2D eigenvalue weighted by atomic mass is 127. The fourth-order valence-electron chi connectivity index (χ4n) is 3.28. The second-order valence-electron chi connectivity index (χ2n) is 6.89. The van der Waals surface area contributed by atoms with Gasteiger partial charge in [0.2, 0.25) is 5.91 Å². The number of hydrogen-bond acceptors (Lipinski definition) is 3. The zero-order valence-corrected chi connectivity index (χ0v) is 19.2. The molecule has 1 heterocycles. The molecule has 28 heavy (non-hydrogen) atoms. The van der Waals surface area contributed by atoms with E-state index in [9.17, 15) is 13.6 Å². The van der Waals surface area contributed by atoms with E-state index in [1.807, 2.05) is 11.8 Å². The van der Waals surface area contributed by atoms with Crippen LogP contribution < -0.4 is 10.6 Å². The van der Waals surface area contributed by atoms with E-state index < -0.39 is 17.7 Å². The largest absolute Gasteiger partial charge is 0.354 e. The minimum atomic E-state index is -0.567. The molecule has 1 saturated heterocycles. The molecule has 1 aliphatic heterocycles. The van der Waals surface area contributed by atoms with Crippen molar-refractivity contribution in [3.8, 4) is 0 Å². The van der Waals surface area contributed by atoms with Gasteiger partial charge in [0.25, 0.3) is 0 Å². The Kier molecular flexibility index (Phi) is 10.1. The molecule has 0 saturated carbocycles. The van der Waals surface area contributed by atoms with Gasteiger partial charge in [-0.3, -0.25) is 9.79 Å². The van der Waals surface area contributed by atoms with Crippen molar-refractivity contribution in [1.29, 1.82) is 0 Å². The van der Waals surface area contributed by atoms with E-state index in [0.717, 1.165) is 13.0 Å². The Bertz CT molecular complexity index is 666. The van der Waals surface area contributed by atoms with Gasteiger partial charge in [0.15, 0.2) is 5.96 Å². The number of benzene rings is 1. The molecular weight excluding hydrogens is 479 g/mol. The molecule has 1 aromatic carbocycles. The Morgan fingerprint density at radius 1 is 1.36 bits per heavy atom. The second-order valence-corrected chi connectivity index (χ2v) is 6.89. The number of aliphatic imine (C=N–C) groups is 1. The molecule has 2 N–H and O–H groups in total. The van der Waals surface area contributed by atoms with E-state index in [1.54, 1.807) is 26.0 Å². The highest BCUT2D eigenvalue weighted by Crippen LogP contribution is 2.23. The molecule has 0 aliphatic carbocycles. The topological polar surface area (TPSA) is 60.0 Å². The summed E-state index contributed by atoms with van der Waals surface area (Å²) in [5.41, 5.74) is 0.0334. The molecule has 158 valence electrons. The molecule has 0 spiro atoms. The van der Waals surface area contributed by atoms with Crippen LogP contribution in [0.2, 0.25) is 0 Å². The predicted octanol–water partition coefficient (Wildman–Crippen LogP) is 2.36. The number of hydrogen-bond donors (Lipinski definition) is 2. The number of nitrogens with zero attached hydrogens (tertiary/aromatic N) is 3.